The molecule has 4 rings (SSSR count). The summed E-state index contributed by atoms with van der Waals surface area (Å²) in [5.74, 6) is -0.193. The Labute approximate surface area is 129 Å². The third kappa shape index (κ3) is 2.04. The molecule has 0 unspecified atom stereocenters. The molecule has 0 atom stereocenters. The summed E-state index contributed by atoms with van der Waals surface area (Å²) >= 11 is 0. The number of hydrogen-bond donors (Lipinski definition) is 0. The summed E-state index contributed by atoms with van der Waals surface area (Å²) in [5.41, 5.74) is 6.32. The molecule has 0 aliphatic carbocycles. The molecule has 3 aromatic rings. The summed E-state index contributed by atoms with van der Waals surface area (Å²) in [6, 6.07) is 13.4. The van der Waals surface area contributed by atoms with Gasteiger partial charge >= 0.3 is 0 Å². The van der Waals surface area contributed by atoms with E-state index in [1.54, 1.807) is 0 Å². The molecule has 22 heavy (non-hydrogen) atoms. The third-order valence-electron chi connectivity index (χ3n) is 4.58. The maximum Gasteiger partial charge on any atom is 0.123 e. The van der Waals surface area contributed by atoms with Crippen molar-refractivity contribution < 1.29 is 4.39 Å². The molecule has 0 N–H and O–H groups in total. The summed E-state index contributed by atoms with van der Waals surface area (Å²) < 4.78 is 15.6. The molecule has 0 fully saturated rings. The third-order valence-corrected chi connectivity index (χ3v) is 4.58. The molecular formula is C19H19FN2. The van der Waals surface area contributed by atoms with Crippen molar-refractivity contribution in [3.8, 4) is 5.69 Å². The lowest BCUT2D eigenvalue weighted by Gasteiger charge is -2.24. The second-order valence-corrected chi connectivity index (χ2v) is 6.25. The van der Waals surface area contributed by atoms with Crippen molar-refractivity contribution in [3.63, 3.8) is 0 Å². The molecule has 2 nitrogen and oxygen atoms in total. The van der Waals surface area contributed by atoms with Gasteiger partial charge in [-0.15, -0.1) is 0 Å². The molecule has 0 saturated heterocycles. The lowest BCUT2D eigenvalue weighted by atomic mass is 10.0. The number of halogens is 1. The van der Waals surface area contributed by atoms with Crippen molar-refractivity contribution in [1.82, 2.24) is 9.47 Å². The fraction of sp³-hybridized carbons (Fsp3) is 0.263. The summed E-state index contributed by atoms with van der Waals surface area (Å²) in [5, 5.41) is 1.34. The molecule has 2 heterocycles. The van der Waals surface area contributed by atoms with E-state index in [-0.39, 0.29) is 5.82 Å². The van der Waals surface area contributed by atoms with Crippen LogP contribution in [0.5, 0.6) is 0 Å². The van der Waals surface area contributed by atoms with Gasteiger partial charge in [-0.2, -0.15) is 0 Å². The van der Waals surface area contributed by atoms with Crippen LogP contribution >= 0.6 is 0 Å². The van der Waals surface area contributed by atoms with Gasteiger partial charge in [0.2, 0.25) is 0 Å². The standard InChI is InChI=1S/C19H19FN2/c1-13-3-8-18-17(11-13)16-9-10-21(2)12-19(16)22(18)15-6-4-14(20)5-7-15/h3-8,11H,9-10,12H2,1-2H3. The Kier molecular flexibility index (Phi) is 3.05. The average Bonchev–Trinajstić information content (AvgIpc) is 2.81. The zero-order valence-corrected chi connectivity index (χ0v) is 12.9. The minimum atomic E-state index is -0.193. The van der Waals surface area contributed by atoms with Gasteiger partial charge in [-0.3, -0.25) is 0 Å². The first-order valence-electron chi connectivity index (χ1n) is 7.71. The van der Waals surface area contributed by atoms with Gasteiger partial charge in [-0.05, 0) is 62.4 Å². The van der Waals surface area contributed by atoms with Gasteiger partial charge in [0.1, 0.15) is 5.82 Å². The highest BCUT2D eigenvalue weighted by molar-refractivity contribution is 5.88. The summed E-state index contributed by atoms with van der Waals surface area (Å²) in [7, 11) is 2.15. The lowest BCUT2D eigenvalue weighted by Crippen LogP contribution is -2.27. The number of likely N-dealkylation sites (N-methyl/N-ethyl adjacent to an activating group) is 1. The molecule has 2 aromatic carbocycles. The molecule has 0 spiro atoms. The van der Waals surface area contributed by atoms with Crippen LogP contribution < -0.4 is 0 Å². The second-order valence-electron chi connectivity index (χ2n) is 6.25. The minimum Gasteiger partial charge on any atom is -0.312 e. The second kappa shape index (κ2) is 4.96. The van der Waals surface area contributed by atoms with E-state index in [0.29, 0.717) is 0 Å². The van der Waals surface area contributed by atoms with Crippen LogP contribution in [0.2, 0.25) is 0 Å². The molecule has 0 saturated carbocycles. The summed E-state index contributed by atoms with van der Waals surface area (Å²) in [6.07, 6.45) is 1.07. The largest absolute Gasteiger partial charge is 0.312 e. The molecule has 1 aliphatic heterocycles. The Hall–Kier alpha value is -2.13. The fourth-order valence-electron chi connectivity index (χ4n) is 3.49. The Morgan fingerprint density at radius 1 is 1.05 bits per heavy atom. The van der Waals surface area contributed by atoms with Crippen molar-refractivity contribution in [2.45, 2.75) is 19.9 Å². The number of aryl methyl sites for hydroxylation is 1. The van der Waals surface area contributed by atoms with Crippen LogP contribution in [0.1, 0.15) is 16.8 Å². The lowest BCUT2D eigenvalue weighted by molar-refractivity contribution is 0.307. The van der Waals surface area contributed by atoms with Gasteiger partial charge in [-0.25, -0.2) is 4.39 Å². The van der Waals surface area contributed by atoms with Crippen molar-refractivity contribution in [1.29, 1.82) is 0 Å². The van der Waals surface area contributed by atoms with Crippen molar-refractivity contribution >= 4 is 10.9 Å². The summed E-state index contributed by atoms with van der Waals surface area (Å²) in [4.78, 5) is 2.34. The molecular weight excluding hydrogens is 275 g/mol. The first-order chi connectivity index (χ1) is 10.6. The van der Waals surface area contributed by atoms with Crippen molar-refractivity contribution in [2.24, 2.45) is 0 Å². The van der Waals surface area contributed by atoms with Gasteiger partial charge in [0.05, 0.1) is 5.52 Å². The van der Waals surface area contributed by atoms with E-state index in [1.165, 1.54) is 39.9 Å². The van der Waals surface area contributed by atoms with Gasteiger partial charge in [0, 0.05) is 29.9 Å². The molecule has 0 amide bonds. The van der Waals surface area contributed by atoms with Gasteiger partial charge in [-0.1, -0.05) is 11.6 Å². The average molecular weight is 294 g/mol. The van der Waals surface area contributed by atoms with Gasteiger partial charge in [0.15, 0.2) is 0 Å². The van der Waals surface area contributed by atoms with Gasteiger partial charge < -0.3 is 9.47 Å². The monoisotopic (exact) mass is 294 g/mol. The molecule has 0 radical (unpaired) electrons. The number of aromatic nitrogens is 1. The maximum absolute atomic E-state index is 13.3. The predicted molar refractivity (Wildman–Crippen MR) is 88.0 cm³/mol. The minimum absolute atomic E-state index is 0.193. The first kappa shape index (κ1) is 13.5. The zero-order valence-electron chi connectivity index (χ0n) is 12.9. The number of hydrogen-bond acceptors (Lipinski definition) is 1. The number of nitrogens with zero attached hydrogens (tertiary/aromatic N) is 2. The highest BCUT2D eigenvalue weighted by Gasteiger charge is 2.23. The predicted octanol–water partition coefficient (Wildman–Crippen LogP) is 4.07. The van der Waals surface area contributed by atoms with Crippen molar-refractivity contribution in [2.75, 3.05) is 13.6 Å². The molecule has 0 bridgehead atoms. The van der Waals surface area contributed by atoms with E-state index >= 15 is 0 Å². The normalized spacial score (nSPS) is 15.2. The molecule has 3 heteroatoms. The Morgan fingerprint density at radius 2 is 1.82 bits per heavy atom. The van der Waals surface area contributed by atoms with Crippen LogP contribution in [0.15, 0.2) is 42.5 Å². The van der Waals surface area contributed by atoms with Crippen LogP contribution in [0.4, 0.5) is 4.39 Å². The zero-order chi connectivity index (χ0) is 15.3. The highest BCUT2D eigenvalue weighted by atomic mass is 19.1. The Morgan fingerprint density at radius 3 is 2.59 bits per heavy atom. The van der Waals surface area contributed by atoms with Crippen LogP contribution in [-0.2, 0) is 13.0 Å². The van der Waals surface area contributed by atoms with Crippen LogP contribution in [0.3, 0.4) is 0 Å². The van der Waals surface area contributed by atoms with E-state index in [2.05, 4.69) is 41.6 Å². The summed E-state index contributed by atoms with van der Waals surface area (Å²) in [6.45, 7) is 4.15. The smallest absolute Gasteiger partial charge is 0.123 e. The molecule has 112 valence electrons. The van der Waals surface area contributed by atoms with E-state index in [0.717, 1.165) is 25.2 Å². The Balaban J connectivity index is 2.04. The van der Waals surface area contributed by atoms with E-state index in [9.17, 15) is 4.39 Å². The van der Waals surface area contributed by atoms with Crippen LogP contribution in [0.25, 0.3) is 16.6 Å². The van der Waals surface area contributed by atoms with Crippen LogP contribution in [-0.4, -0.2) is 23.1 Å². The topological polar surface area (TPSA) is 8.17 Å². The number of benzene rings is 2. The molecule has 1 aliphatic rings. The maximum atomic E-state index is 13.3. The number of fused-ring (bicyclic) bond motifs is 3. The first-order valence-corrected chi connectivity index (χ1v) is 7.71. The SMILES string of the molecule is Cc1ccc2c(c1)c1c(n2-c2ccc(F)cc2)CN(C)CC1. The molecule has 1 aromatic heterocycles. The quantitative estimate of drug-likeness (QED) is 0.657. The van der Waals surface area contributed by atoms with Gasteiger partial charge in [0.25, 0.3) is 0 Å². The Bertz CT molecular complexity index is 846. The van der Waals surface area contributed by atoms with E-state index < -0.39 is 0 Å². The van der Waals surface area contributed by atoms with Crippen molar-refractivity contribution in [3.05, 3.63) is 65.1 Å². The highest BCUT2D eigenvalue weighted by Crippen LogP contribution is 2.33. The van der Waals surface area contributed by atoms with E-state index in [4.69, 9.17) is 0 Å². The fourth-order valence-corrected chi connectivity index (χ4v) is 3.49. The van der Waals surface area contributed by atoms with E-state index in [1.807, 2.05) is 12.1 Å². The number of rotatable bonds is 1. The van der Waals surface area contributed by atoms with Crippen LogP contribution in [0, 0.1) is 12.7 Å².